The van der Waals surface area contributed by atoms with Crippen molar-refractivity contribution in [3.63, 3.8) is 0 Å². The summed E-state index contributed by atoms with van der Waals surface area (Å²) in [5, 5.41) is 0. The van der Waals surface area contributed by atoms with E-state index in [0.717, 1.165) is 17.8 Å². The zero-order valence-corrected chi connectivity index (χ0v) is 11.6. The summed E-state index contributed by atoms with van der Waals surface area (Å²) in [4.78, 5) is 0. The van der Waals surface area contributed by atoms with Gasteiger partial charge in [0.15, 0.2) is 0 Å². The standard InChI is InChI=1S/C17H25N/c1-11(2)17(18)16-14-7-8-15(16)10-13-6-4-3-5-12(13)9-14/h3-6,11,14-17H,7-10,18H2,1-2H3. The van der Waals surface area contributed by atoms with E-state index in [-0.39, 0.29) is 0 Å². The lowest BCUT2D eigenvalue weighted by molar-refractivity contribution is 0.224. The molecule has 0 aromatic heterocycles. The van der Waals surface area contributed by atoms with Gasteiger partial charge in [0.1, 0.15) is 0 Å². The molecule has 3 unspecified atom stereocenters. The Bertz CT molecular complexity index is 390. The second-order valence-electron chi connectivity index (χ2n) is 6.67. The van der Waals surface area contributed by atoms with Gasteiger partial charge in [0.2, 0.25) is 0 Å². The highest BCUT2D eigenvalue weighted by molar-refractivity contribution is 5.30. The van der Waals surface area contributed by atoms with Crippen molar-refractivity contribution >= 4 is 0 Å². The Hall–Kier alpha value is -0.820. The number of nitrogens with two attached hydrogens (primary N) is 1. The Labute approximate surface area is 111 Å². The fourth-order valence-corrected chi connectivity index (χ4v) is 4.27. The van der Waals surface area contributed by atoms with Crippen LogP contribution in [0.3, 0.4) is 0 Å². The Morgan fingerprint density at radius 3 is 1.94 bits per heavy atom. The van der Waals surface area contributed by atoms with E-state index in [1.54, 1.807) is 11.1 Å². The molecule has 1 heteroatoms. The minimum atomic E-state index is 0.386. The molecule has 1 aromatic carbocycles. The van der Waals surface area contributed by atoms with Crippen LogP contribution in [-0.4, -0.2) is 6.04 Å². The summed E-state index contributed by atoms with van der Waals surface area (Å²) >= 11 is 0. The minimum absolute atomic E-state index is 0.386. The fraction of sp³-hybridized carbons (Fsp3) is 0.647. The lowest BCUT2D eigenvalue weighted by atomic mass is 9.78. The van der Waals surface area contributed by atoms with Gasteiger partial charge in [0.25, 0.3) is 0 Å². The zero-order valence-electron chi connectivity index (χ0n) is 11.6. The lowest BCUT2D eigenvalue weighted by Crippen LogP contribution is -2.40. The normalized spacial score (nSPS) is 32.1. The van der Waals surface area contributed by atoms with Gasteiger partial charge >= 0.3 is 0 Å². The van der Waals surface area contributed by atoms with Gasteiger partial charge in [-0.15, -0.1) is 0 Å². The third-order valence-corrected chi connectivity index (χ3v) is 5.29. The van der Waals surface area contributed by atoms with E-state index in [0.29, 0.717) is 12.0 Å². The third kappa shape index (κ3) is 1.99. The van der Waals surface area contributed by atoms with E-state index >= 15 is 0 Å². The van der Waals surface area contributed by atoms with Gasteiger partial charge in [0.05, 0.1) is 0 Å². The molecule has 0 saturated heterocycles. The summed E-state index contributed by atoms with van der Waals surface area (Å²) in [5.74, 6) is 3.02. The van der Waals surface area contributed by atoms with Crippen molar-refractivity contribution in [2.24, 2.45) is 29.4 Å². The van der Waals surface area contributed by atoms with Crippen molar-refractivity contribution in [2.45, 2.75) is 45.6 Å². The summed E-state index contributed by atoms with van der Waals surface area (Å²) in [6.07, 6.45) is 5.31. The molecule has 0 amide bonds. The number of fused-ring (bicyclic) bond motifs is 3. The van der Waals surface area contributed by atoms with Crippen molar-refractivity contribution in [2.75, 3.05) is 0 Å². The first kappa shape index (κ1) is 12.2. The number of hydrogen-bond acceptors (Lipinski definition) is 1. The van der Waals surface area contributed by atoms with Crippen molar-refractivity contribution < 1.29 is 0 Å². The summed E-state index contributed by atoms with van der Waals surface area (Å²) in [7, 11) is 0. The third-order valence-electron chi connectivity index (χ3n) is 5.29. The quantitative estimate of drug-likeness (QED) is 0.846. The molecule has 2 aliphatic rings. The van der Waals surface area contributed by atoms with E-state index < -0.39 is 0 Å². The SMILES string of the molecule is CC(C)C(N)C1C2CCC1Cc1ccccc1C2. The van der Waals surface area contributed by atoms with E-state index in [1.165, 1.54) is 25.7 Å². The largest absolute Gasteiger partial charge is 0.327 e. The van der Waals surface area contributed by atoms with E-state index in [9.17, 15) is 0 Å². The van der Waals surface area contributed by atoms with E-state index in [1.807, 2.05) is 0 Å². The molecule has 2 bridgehead atoms. The van der Waals surface area contributed by atoms with Crippen LogP contribution in [0.25, 0.3) is 0 Å². The first-order chi connectivity index (χ1) is 8.66. The van der Waals surface area contributed by atoms with E-state index in [4.69, 9.17) is 5.73 Å². The molecule has 3 rings (SSSR count). The van der Waals surface area contributed by atoms with Crippen molar-refractivity contribution in [3.05, 3.63) is 35.4 Å². The molecule has 0 heterocycles. The number of benzene rings is 1. The van der Waals surface area contributed by atoms with Gasteiger partial charge in [-0.25, -0.2) is 0 Å². The molecular weight excluding hydrogens is 218 g/mol. The van der Waals surface area contributed by atoms with Crippen LogP contribution in [0.4, 0.5) is 0 Å². The van der Waals surface area contributed by atoms with Gasteiger partial charge in [0, 0.05) is 6.04 Å². The summed E-state index contributed by atoms with van der Waals surface area (Å²) in [6.45, 7) is 4.56. The molecule has 1 nitrogen and oxygen atoms in total. The molecule has 0 spiro atoms. The highest BCUT2D eigenvalue weighted by atomic mass is 14.7. The van der Waals surface area contributed by atoms with Gasteiger partial charge in [-0.1, -0.05) is 38.1 Å². The monoisotopic (exact) mass is 243 g/mol. The molecule has 0 aliphatic heterocycles. The predicted octanol–water partition coefficient (Wildman–Crippen LogP) is 3.41. The summed E-state index contributed by atoms with van der Waals surface area (Å²) < 4.78 is 0. The highest BCUT2D eigenvalue weighted by Crippen LogP contribution is 2.46. The molecule has 1 aromatic rings. The second kappa shape index (κ2) is 4.70. The number of rotatable bonds is 2. The Balaban J connectivity index is 1.91. The van der Waals surface area contributed by atoms with Gasteiger partial charge < -0.3 is 5.73 Å². The van der Waals surface area contributed by atoms with Crippen LogP contribution in [-0.2, 0) is 12.8 Å². The Morgan fingerprint density at radius 2 is 1.50 bits per heavy atom. The first-order valence-electron chi connectivity index (χ1n) is 7.49. The summed E-state index contributed by atoms with van der Waals surface area (Å²) in [6, 6.07) is 9.42. The maximum absolute atomic E-state index is 6.52. The van der Waals surface area contributed by atoms with E-state index in [2.05, 4.69) is 38.1 Å². The molecule has 3 atom stereocenters. The molecule has 2 N–H and O–H groups in total. The topological polar surface area (TPSA) is 26.0 Å². The Morgan fingerprint density at radius 1 is 1.00 bits per heavy atom. The molecule has 18 heavy (non-hydrogen) atoms. The molecule has 2 aliphatic carbocycles. The van der Waals surface area contributed by atoms with Gasteiger partial charge in [-0.3, -0.25) is 0 Å². The first-order valence-corrected chi connectivity index (χ1v) is 7.49. The lowest BCUT2D eigenvalue weighted by Gasteiger charge is -2.31. The summed E-state index contributed by atoms with van der Waals surface area (Å²) in [5.41, 5.74) is 9.69. The molecule has 0 radical (unpaired) electrons. The van der Waals surface area contributed by atoms with Crippen LogP contribution in [0, 0.1) is 23.7 Å². The minimum Gasteiger partial charge on any atom is -0.327 e. The van der Waals surface area contributed by atoms with Gasteiger partial charge in [-0.2, -0.15) is 0 Å². The molecule has 1 saturated carbocycles. The van der Waals surface area contributed by atoms with Crippen LogP contribution < -0.4 is 5.73 Å². The average Bonchev–Trinajstić information content (AvgIpc) is 2.64. The maximum Gasteiger partial charge on any atom is 0.00958 e. The van der Waals surface area contributed by atoms with Crippen molar-refractivity contribution in [1.29, 1.82) is 0 Å². The molecular formula is C17H25N. The molecule has 1 fully saturated rings. The van der Waals surface area contributed by atoms with Gasteiger partial charge in [-0.05, 0) is 60.5 Å². The van der Waals surface area contributed by atoms with Crippen LogP contribution in [0.1, 0.15) is 37.8 Å². The van der Waals surface area contributed by atoms with Crippen LogP contribution in [0.15, 0.2) is 24.3 Å². The van der Waals surface area contributed by atoms with Crippen molar-refractivity contribution in [3.8, 4) is 0 Å². The smallest absolute Gasteiger partial charge is 0.00958 e. The highest BCUT2D eigenvalue weighted by Gasteiger charge is 2.42. The van der Waals surface area contributed by atoms with Crippen molar-refractivity contribution in [1.82, 2.24) is 0 Å². The number of hydrogen-bond donors (Lipinski definition) is 1. The maximum atomic E-state index is 6.52. The predicted molar refractivity (Wildman–Crippen MR) is 76.4 cm³/mol. The zero-order chi connectivity index (χ0) is 12.7. The van der Waals surface area contributed by atoms with Crippen LogP contribution >= 0.6 is 0 Å². The fourth-order valence-electron chi connectivity index (χ4n) is 4.27. The van der Waals surface area contributed by atoms with Crippen LogP contribution in [0.2, 0.25) is 0 Å². The second-order valence-corrected chi connectivity index (χ2v) is 6.67. The van der Waals surface area contributed by atoms with Crippen LogP contribution in [0.5, 0.6) is 0 Å². The Kier molecular flexibility index (Phi) is 3.19. The molecule has 98 valence electrons. The average molecular weight is 243 g/mol.